The summed E-state index contributed by atoms with van der Waals surface area (Å²) in [5.41, 5.74) is 0.377. The molecule has 0 spiro atoms. The Hall–Kier alpha value is -1.11. The lowest BCUT2D eigenvalue weighted by molar-refractivity contribution is 0.281. The zero-order valence-electron chi connectivity index (χ0n) is 6.64. The minimum absolute atomic E-state index is 0.303. The molecule has 1 aromatic rings. The van der Waals surface area contributed by atoms with Crippen LogP contribution in [0.4, 0.5) is 0 Å². The van der Waals surface area contributed by atoms with Gasteiger partial charge in [0.2, 0.25) is 10.0 Å². The van der Waals surface area contributed by atoms with E-state index in [1.54, 1.807) is 0 Å². The number of nitrogens with two attached hydrogens (primary N) is 1. The second-order valence-electron chi connectivity index (χ2n) is 2.51. The van der Waals surface area contributed by atoms with Crippen molar-refractivity contribution in [2.45, 2.75) is 11.5 Å². The van der Waals surface area contributed by atoms with E-state index in [2.05, 4.69) is 0 Å². The molecule has 72 valence electrons. The first-order valence-electron chi connectivity index (χ1n) is 3.40. The molecule has 13 heavy (non-hydrogen) atoms. The molecule has 0 saturated carbocycles. The molecule has 0 atom stereocenters. The van der Waals surface area contributed by atoms with Crippen LogP contribution in [0.3, 0.4) is 0 Å². The van der Waals surface area contributed by atoms with Gasteiger partial charge in [0.05, 0.1) is 6.61 Å². The number of aliphatic hydroxyl groups excluding tert-OH is 1. The second-order valence-corrected chi connectivity index (χ2v) is 4.04. The monoisotopic (exact) mass is 203 g/mol. The van der Waals surface area contributed by atoms with Crippen LogP contribution in [0.2, 0.25) is 0 Å². The van der Waals surface area contributed by atoms with Crippen LogP contribution < -0.4 is 5.14 Å². The summed E-state index contributed by atoms with van der Waals surface area (Å²) in [4.78, 5) is -0.376. The van der Waals surface area contributed by atoms with Crippen LogP contribution in [-0.2, 0) is 16.6 Å². The van der Waals surface area contributed by atoms with E-state index < -0.39 is 15.8 Å². The van der Waals surface area contributed by atoms with Crippen LogP contribution in [0, 0.1) is 0 Å². The molecule has 0 fully saturated rings. The van der Waals surface area contributed by atoms with E-state index in [-0.39, 0.29) is 11.5 Å². The largest absolute Gasteiger partial charge is 0.507 e. The van der Waals surface area contributed by atoms with Gasteiger partial charge in [0.25, 0.3) is 0 Å². The maximum Gasteiger partial charge on any atom is 0.241 e. The van der Waals surface area contributed by atoms with Gasteiger partial charge in [0, 0.05) is 0 Å². The number of aromatic hydroxyl groups is 1. The highest BCUT2D eigenvalue weighted by Crippen LogP contribution is 2.22. The van der Waals surface area contributed by atoms with Gasteiger partial charge in [0.15, 0.2) is 0 Å². The number of primary sulfonamides is 1. The molecule has 0 saturated heterocycles. The third-order valence-electron chi connectivity index (χ3n) is 1.51. The normalized spacial score (nSPS) is 11.5. The maximum absolute atomic E-state index is 10.9. The van der Waals surface area contributed by atoms with Gasteiger partial charge >= 0.3 is 0 Å². The molecular weight excluding hydrogens is 194 g/mol. The first-order chi connectivity index (χ1) is 5.95. The van der Waals surface area contributed by atoms with Crippen molar-refractivity contribution in [1.82, 2.24) is 0 Å². The molecule has 0 aromatic heterocycles. The predicted molar refractivity (Wildman–Crippen MR) is 45.4 cm³/mol. The summed E-state index contributed by atoms with van der Waals surface area (Å²) in [7, 11) is -3.93. The molecule has 0 radical (unpaired) electrons. The molecule has 0 aliphatic rings. The lowest BCUT2D eigenvalue weighted by Gasteiger charge is -2.03. The van der Waals surface area contributed by atoms with Crippen molar-refractivity contribution in [3.05, 3.63) is 23.8 Å². The number of benzene rings is 1. The van der Waals surface area contributed by atoms with Gasteiger partial charge in [-0.05, 0) is 17.7 Å². The number of hydrogen-bond acceptors (Lipinski definition) is 4. The molecule has 0 amide bonds. The van der Waals surface area contributed by atoms with Gasteiger partial charge in [-0.3, -0.25) is 0 Å². The molecule has 4 N–H and O–H groups in total. The van der Waals surface area contributed by atoms with E-state index in [0.717, 1.165) is 6.07 Å². The van der Waals surface area contributed by atoms with Crippen molar-refractivity contribution in [3.63, 3.8) is 0 Å². The fourth-order valence-electron chi connectivity index (χ4n) is 0.885. The zero-order valence-corrected chi connectivity index (χ0v) is 7.45. The lowest BCUT2D eigenvalue weighted by atomic mass is 10.2. The second kappa shape index (κ2) is 3.33. The number of hydrogen-bond donors (Lipinski definition) is 3. The zero-order chi connectivity index (χ0) is 10.1. The molecule has 0 heterocycles. The average molecular weight is 203 g/mol. The summed E-state index contributed by atoms with van der Waals surface area (Å²) in [6, 6.07) is 3.71. The number of sulfonamides is 1. The Morgan fingerprint density at radius 3 is 2.46 bits per heavy atom. The Kier molecular flexibility index (Phi) is 2.55. The molecule has 1 rings (SSSR count). The predicted octanol–water partition coefficient (Wildman–Crippen LogP) is -0.468. The molecular formula is C7H9NO4S. The van der Waals surface area contributed by atoms with Crippen molar-refractivity contribution >= 4 is 10.0 Å². The molecule has 5 nitrogen and oxygen atoms in total. The van der Waals surface area contributed by atoms with E-state index >= 15 is 0 Å². The van der Waals surface area contributed by atoms with Crippen LogP contribution in [-0.4, -0.2) is 18.6 Å². The fraction of sp³-hybridized carbons (Fsp3) is 0.143. The summed E-state index contributed by atoms with van der Waals surface area (Å²) in [6.45, 7) is -0.303. The Bertz CT molecular complexity index is 413. The van der Waals surface area contributed by atoms with Crippen LogP contribution in [0.15, 0.2) is 23.1 Å². The summed E-state index contributed by atoms with van der Waals surface area (Å²) < 4.78 is 21.7. The molecule has 0 unspecified atom stereocenters. The number of aliphatic hydroxyl groups is 1. The number of phenols is 1. The first kappa shape index (κ1) is 9.97. The van der Waals surface area contributed by atoms with Crippen molar-refractivity contribution in [2.24, 2.45) is 5.14 Å². The summed E-state index contributed by atoms with van der Waals surface area (Å²) in [5, 5.41) is 22.6. The summed E-state index contributed by atoms with van der Waals surface area (Å²) in [5.74, 6) is -0.417. The first-order valence-corrected chi connectivity index (χ1v) is 4.95. The lowest BCUT2D eigenvalue weighted by Crippen LogP contribution is -2.12. The van der Waals surface area contributed by atoms with Crippen molar-refractivity contribution in [2.75, 3.05) is 0 Å². The van der Waals surface area contributed by atoms with Crippen LogP contribution in [0.5, 0.6) is 5.75 Å². The quantitative estimate of drug-likeness (QED) is 0.605. The Balaban J connectivity index is 3.36. The van der Waals surface area contributed by atoms with Crippen molar-refractivity contribution in [1.29, 1.82) is 0 Å². The van der Waals surface area contributed by atoms with Gasteiger partial charge in [-0.1, -0.05) is 6.07 Å². The van der Waals surface area contributed by atoms with Gasteiger partial charge in [-0.15, -0.1) is 0 Å². The summed E-state index contributed by atoms with van der Waals surface area (Å²) in [6.07, 6.45) is 0. The van der Waals surface area contributed by atoms with E-state index in [9.17, 15) is 8.42 Å². The standard InChI is InChI=1S/C7H9NO4S/c8-13(11,12)7-3-5(4-9)1-2-6(7)10/h1-3,9-10H,4H2,(H2,8,11,12). The smallest absolute Gasteiger partial charge is 0.241 e. The average Bonchev–Trinajstić information content (AvgIpc) is 2.03. The third-order valence-corrected chi connectivity index (χ3v) is 2.45. The maximum atomic E-state index is 10.9. The fourth-order valence-corrected chi connectivity index (χ4v) is 1.56. The Morgan fingerprint density at radius 1 is 1.38 bits per heavy atom. The van der Waals surface area contributed by atoms with Crippen molar-refractivity contribution in [3.8, 4) is 5.75 Å². The van der Waals surface area contributed by atoms with E-state index in [4.69, 9.17) is 15.4 Å². The van der Waals surface area contributed by atoms with E-state index in [0.29, 0.717) is 5.56 Å². The van der Waals surface area contributed by atoms with Crippen molar-refractivity contribution < 1.29 is 18.6 Å². The van der Waals surface area contributed by atoms with Gasteiger partial charge < -0.3 is 10.2 Å². The third kappa shape index (κ3) is 2.18. The van der Waals surface area contributed by atoms with Gasteiger partial charge in [-0.25, -0.2) is 13.6 Å². The van der Waals surface area contributed by atoms with Crippen LogP contribution in [0.25, 0.3) is 0 Å². The van der Waals surface area contributed by atoms with Gasteiger partial charge in [0.1, 0.15) is 10.6 Å². The topological polar surface area (TPSA) is 101 Å². The van der Waals surface area contributed by atoms with Crippen LogP contribution in [0.1, 0.15) is 5.56 Å². The highest BCUT2D eigenvalue weighted by atomic mass is 32.2. The molecule has 1 aromatic carbocycles. The Morgan fingerprint density at radius 2 is 2.00 bits per heavy atom. The summed E-state index contributed by atoms with van der Waals surface area (Å²) >= 11 is 0. The van der Waals surface area contributed by atoms with E-state index in [1.807, 2.05) is 0 Å². The highest BCUT2D eigenvalue weighted by molar-refractivity contribution is 7.89. The Labute approximate surface area is 75.5 Å². The highest BCUT2D eigenvalue weighted by Gasteiger charge is 2.13. The van der Waals surface area contributed by atoms with Gasteiger partial charge in [-0.2, -0.15) is 0 Å². The minimum atomic E-state index is -3.93. The SMILES string of the molecule is NS(=O)(=O)c1cc(CO)ccc1O. The minimum Gasteiger partial charge on any atom is -0.507 e. The molecule has 0 aliphatic carbocycles. The molecule has 0 aliphatic heterocycles. The molecule has 6 heteroatoms. The molecule has 0 bridgehead atoms. The van der Waals surface area contributed by atoms with Crippen LogP contribution >= 0.6 is 0 Å². The number of phenolic OH excluding ortho intramolecular Hbond substituents is 1. The number of rotatable bonds is 2. The van der Waals surface area contributed by atoms with E-state index in [1.165, 1.54) is 12.1 Å².